The maximum Gasteiger partial charge on any atom is 0.248 e. The van der Waals surface area contributed by atoms with Crippen LogP contribution in [0.4, 0.5) is 5.69 Å². The van der Waals surface area contributed by atoms with E-state index in [1.165, 1.54) is 0 Å². The third-order valence-corrected chi connectivity index (χ3v) is 3.94. The Balaban J connectivity index is 1.52. The number of hydrogen-bond acceptors (Lipinski definition) is 4. The fraction of sp³-hybridized carbons (Fsp3) is 0.150. The van der Waals surface area contributed by atoms with Gasteiger partial charge in [-0.2, -0.15) is 5.10 Å². The SMILES string of the molecule is Cc1ccnn1-c1cccc(NC(=O)CCOc2ccc(C(N)=O)cc2)c1. The Morgan fingerprint density at radius 1 is 1.15 bits per heavy atom. The van der Waals surface area contributed by atoms with Gasteiger partial charge in [0.15, 0.2) is 0 Å². The highest BCUT2D eigenvalue weighted by atomic mass is 16.5. The largest absolute Gasteiger partial charge is 0.493 e. The molecule has 2 aromatic carbocycles. The Kier molecular flexibility index (Phi) is 5.51. The highest BCUT2D eigenvalue weighted by Gasteiger charge is 2.06. The molecule has 27 heavy (non-hydrogen) atoms. The summed E-state index contributed by atoms with van der Waals surface area (Å²) in [7, 11) is 0. The predicted molar refractivity (Wildman–Crippen MR) is 102 cm³/mol. The molecule has 0 fully saturated rings. The van der Waals surface area contributed by atoms with Crippen LogP contribution >= 0.6 is 0 Å². The summed E-state index contributed by atoms with van der Waals surface area (Å²) < 4.78 is 7.32. The molecule has 2 amide bonds. The molecule has 0 atom stereocenters. The van der Waals surface area contributed by atoms with Crippen LogP contribution in [0.3, 0.4) is 0 Å². The number of nitrogens with one attached hydrogen (secondary N) is 1. The number of carbonyl (C=O) groups excluding carboxylic acids is 2. The lowest BCUT2D eigenvalue weighted by atomic mass is 10.2. The summed E-state index contributed by atoms with van der Waals surface area (Å²) >= 11 is 0. The number of nitrogens with zero attached hydrogens (tertiary/aromatic N) is 2. The zero-order chi connectivity index (χ0) is 19.2. The molecule has 0 saturated carbocycles. The van der Waals surface area contributed by atoms with Crippen LogP contribution in [-0.4, -0.2) is 28.2 Å². The van der Waals surface area contributed by atoms with E-state index < -0.39 is 5.91 Å². The standard InChI is InChI=1S/C20H20N4O3/c1-14-9-11-22-24(14)17-4-2-3-16(13-17)23-19(25)10-12-27-18-7-5-15(6-8-18)20(21)26/h2-9,11,13H,10,12H2,1H3,(H2,21,26)(H,23,25). The first kappa shape index (κ1) is 18.2. The van der Waals surface area contributed by atoms with Gasteiger partial charge in [-0.3, -0.25) is 9.59 Å². The quantitative estimate of drug-likeness (QED) is 0.673. The van der Waals surface area contributed by atoms with Crippen molar-refractivity contribution in [3.63, 3.8) is 0 Å². The second-order valence-electron chi connectivity index (χ2n) is 5.97. The molecular formula is C20H20N4O3. The average Bonchev–Trinajstić information content (AvgIpc) is 3.08. The molecule has 0 aliphatic heterocycles. The number of benzene rings is 2. The van der Waals surface area contributed by atoms with E-state index >= 15 is 0 Å². The Morgan fingerprint density at radius 2 is 1.93 bits per heavy atom. The van der Waals surface area contributed by atoms with Gasteiger partial charge in [-0.25, -0.2) is 4.68 Å². The summed E-state index contributed by atoms with van der Waals surface area (Å²) in [5, 5.41) is 7.11. The lowest BCUT2D eigenvalue weighted by Crippen LogP contribution is -2.15. The van der Waals surface area contributed by atoms with Gasteiger partial charge in [0.1, 0.15) is 5.75 Å². The van der Waals surface area contributed by atoms with Crippen LogP contribution in [0, 0.1) is 6.92 Å². The Labute approximate surface area is 156 Å². The van der Waals surface area contributed by atoms with Crippen LogP contribution in [0.15, 0.2) is 60.8 Å². The molecular weight excluding hydrogens is 344 g/mol. The van der Waals surface area contributed by atoms with Gasteiger partial charge < -0.3 is 15.8 Å². The summed E-state index contributed by atoms with van der Waals surface area (Å²) in [5.74, 6) is -0.0736. The second kappa shape index (κ2) is 8.18. The molecule has 0 aliphatic rings. The normalized spacial score (nSPS) is 10.4. The number of amides is 2. The third kappa shape index (κ3) is 4.72. The van der Waals surface area contributed by atoms with Gasteiger partial charge in [0, 0.05) is 23.1 Å². The zero-order valence-electron chi connectivity index (χ0n) is 14.9. The molecule has 3 N–H and O–H groups in total. The first-order chi connectivity index (χ1) is 13.0. The Hall–Kier alpha value is -3.61. The Morgan fingerprint density at radius 3 is 2.59 bits per heavy atom. The van der Waals surface area contributed by atoms with E-state index in [0.717, 1.165) is 11.4 Å². The molecule has 3 rings (SSSR count). The van der Waals surface area contributed by atoms with E-state index in [4.69, 9.17) is 10.5 Å². The van der Waals surface area contributed by atoms with Crippen molar-refractivity contribution in [2.45, 2.75) is 13.3 Å². The number of primary amides is 1. The van der Waals surface area contributed by atoms with Crippen molar-refractivity contribution >= 4 is 17.5 Å². The van der Waals surface area contributed by atoms with Crippen molar-refractivity contribution in [2.75, 3.05) is 11.9 Å². The number of aromatic nitrogens is 2. The summed E-state index contributed by atoms with van der Waals surface area (Å²) in [6.45, 7) is 2.19. The summed E-state index contributed by atoms with van der Waals surface area (Å²) in [6, 6.07) is 15.9. The van der Waals surface area contributed by atoms with Crippen LogP contribution in [-0.2, 0) is 4.79 Å². The van der Waals surface area contributed by atoms with Gasteiger partial charge in [0.25, 0.3) is 0 Å². The molecule has 0 radical (unpaired) electrons. The number of ether oxygens (including phenoxy) is 1. The number of rotatable bonds is 7. The van der Waals surface area contributed by atoms with Crippen molar-refractivity contribution in [1.82, 2.24) is 9.78 Å². The van der Waals surface area contributed by atoms with Crippen LogP contribution in [0.25, 0.3) is 5.69 Å². The Bertz CT molecular complexity index is 948. The van der Waals surface area contributed by atoms with Gasteiger partial charge in [-0.15, -0.1) is 0 Å². The number of anilines is 1. The predicted octanol–water partition coefficient (Wildman–Crippen LogP) is 2.69. The topological polar surface area (TPSA) is 99.2 Å². The minimum absolute atomic E-state index is 0.155. The maximum atomic E-state index is 12.1. The lowest BCUT2D eigenvalue weighted by Gasteiger charge is -2.10. The van der Waals surface area contributed by atoms with Gasteiger partial charge in [0.2, 0.25) is 11.8 Å². The van der Waals surface area contributed by atoms with E-state index in [1.807, 2.05) is 37.3 Å². The highest BCUT2D eigenvalue weighted by molar-refractivity contribution is 5.93. The molecule has 0 bridgehead atoms. The number of nitrogens with two attached hydrogens (primary N) is 1. The van der Waals surface area contributed by atoms with E-state index in [9.17, 15) is 9.59 Å². The van der Waals surface area contributed by atoms with Crippen molar-refractivity contribution in [3.8, 4) is 11.4 Å². The fourth-order valence-corrected chi connectivity index (χ4v) is 2.56. The molecule has 1 aromatic heterocycles. The molecule has 0 aliphatic carbocycles. The molecule has 138 valence electrons. The molecule has 0 saturated heterocycles. The number of hydrogen-bond donors (Lipinski definition) is 2. The van der Waals surface area contributed by atoms with Crippen LogP contribution in [0.2, 0.25) is 0 Å². The smallest absolute Gasteiger partial charge is 0.248 e. The molecule has 3 aromatic rings. The third-order valence-electron chi connectivity index (χ3n) is 3.94. The zero-order valence-corrected chi connectivity index (χ0v) is 14.9. The van der Waals surface area contributed by atoms with Crippen LogP contribution < -0.4 is 15.8 Å². The average molecular weight is 364 g/mol. The van der Waals surface area contributed by atoms with Crippen molar-refractivity contribution in [3.05, 3.63) is 72.1 Å². The van der Waals surface area contributed by atoms with Crippen LogP contribution in [0.5, 0.6) is 5.75 Å². The van der Waals surface area contributed by atoms with Gasteiger partial charge in [0.05, 0.1) is 18.7 Å². The highest BCUT2D eigenvalue weighted by Crippen LogP contribution is 2.16. The van der Waals surface area contributed by atoms with E-state index in [1.54, 1.807) is 35.1 Å². The molecule has 7 nitrogen and oxygen atoms in total. The maximum absolute atomic E-state index is 12.1. The van der Waals surface area contributed by atoms with E-state index in [-0.39, 0.29) is 18.9 Å². The first-order valence-corrected chi connectivity index (χ1v) is 8.46. The molecule has 0 unspecified atom stereocenters. The van der Waals surface area contributed by atoms with Crippen molar-refractivity contribution in [1.29, 1.82) is 0 Å². The van der Waals surface area contributed by atoms with Crippen molar-refractivity contribution in [2.24, 2.45) is 5.73 Å². The number of aryl methyl sites for hydroxylation is 1. The first-order valence-electron chi connectivity index (χ1n) is 8.46. The van der Waals surface area contributed by atoms with E-state index in [2.05, 4.69) is 10.4 Å². The second-order valence-corrected chi connectivity index (χ2v) is 5.97. The summed E-state index contributed by atoms with van der Waals surface area (Å²) in [4.78, 5) is 23.2. The fourth-order valence-electron chi connectivity index (χ4n) is 2.56. The van der Waals surface area contributed by atoms with Crippen molar-refractivity contribution < 1.29 is 14.3 Å². The molecule has 1 heterocycles. The van der Waals surface area contributed by atoms with Gasteiger partial charge >= 0.3 is 0 Å². The minimum Gasteiger partial charge on any atom is -0.493 e. The van der Waals surface area contributed by atoms with Gasteiger partial charge in [-0.05, 0) is 55.5 Å². The van der Waals surface area contributed by atoms with Gasteiger partial charge in [-0.1, -0.05) is 6.07 Å². The lowest BCUT2D eigenvalue weighted by molar-refractivity contribution is -0.116. The van der Waals surface area contributed by atoms with Crippen LogP contribution in [0.1, 0.15) is 22.5 Å². The minimum atomic E-state index is -0.492. The van der Waals surface area contributed by atoms with E-state index in [0.29, 0.717) is 17.0 Å². The summed E-state index contributed by atoms with van der Waals surface area (Å²) in [6.07, 6.45) is 1.93. The monoisotopic (exact) mass is 364 g/mol. The molecule has 0 spiro atoms. The number of carbonyl (C=O) groups is 2. The molecule has 7 heteroatoms. The summed E-state index contributed by atoms with van der Waals surface area (Å²) in [5.41, 5.74) is 8.18.